The van der Waals surface area contributed by atoms with Crippen molar-refractivity contribution in [3.8, 4) is 5.75 Å². The Morgan fingerprint density at radius 2 is 2.17 bits per heavy atom. The van der Waals surface area contributed by atoms with Crippen molar-refractivity contribution < 1.29 is 9.50 Å². The number of alkyl halides is 2. The van der Waals surface area contributed by atoms with Crippen molar-refractivity contribution in [2.45, 2.75) is 11.1 Å². The van der Waals surface area contributed by atoms with Gasteiger partial charge in [-0.2, -0.15) is 0 Å². The average Bonchev–Trinajstić information content (AvgIpc) is 1.96. The maximum Gasteiger partial charge on any atom is 0.179 e. The molecule has 0 aromatic heterocycles. The molecule has 0 radical (unpaired) electrons. The molecule has 0 bridgehead atoms. The fraction of sp³-hybridized carbons (Fsp3) is 0.250. The normalized spacial score (nSPS) is 13.0. The van der Waals surface area contributed by atoms with Crippen molar-refractivity contribution in [3.63, 3.8) is 0 Å². The molecule has 0 saturated carbocycles. The van der Waals surface area contributed by atoms with Crippen LogP contribution in [0.4, 0.5) is 4.39 Å². The SMILES string of the molecule is Cc1cc(Cl)c(O)c(C(F)I)c1. The van der Waals surface area contributed by atoms with Gasteiger partial charge < -0.3 is 5.11 Å². The van der Waals surface area contributed by atoms with Gasteiger partial charge in [-0.3, -0.25) is 0 Å². The first-order chi connectivity index (χ1) is 5.52. The van der Waals surface area contributed by atoms with Gasteiger partial charge in [-0.25, -0.2) is 4.39 Å². The third kappa shape index (κ3) is 2.01. The van der Waals surface area contributed by atoms with Crippen molar-refractivity contribution in [3.05, 3.63) is 28.3 Å². The van der Waals surface area contributed by atoms with E-state index in [2.05, 4.69) is 0 Å². The van der Waals surface area contributed by atoms with Gasteiger partial charge in [0, 0.05) is 5.56 Å². The highest BCUT2D eigenvalue weighted by molar-refractivity contribution is 14.1. The van der Waals surface area contributed by atoms with Crippen molar-refractivity contribution in [1.29, 1.82) is 0 Å². The summed E-state index contributed by atoms with van der Waals surface area (Å²) in [6.45, 7) is 1.80. The Kier molecular flexibility index (Phi) is 3.17. The zero-order valence-electron chi connectivity index (χ0n) is 6.31. The summed E-state index contributed by atoms with van der Waals surface area (Å²) < 4.78 is 11.6. The minimum atomic E-state index is -1.22. The Morgan fingerprint density at radius 3 is 2.67 bits per heavy atom. The number of aryl methyl sites for hydroxylation is 1. The van der Waals surface area contributed by atoms with Crippen LogP contribution in [0.3, 0.4) is 0 Å². The second-order valence-electron chi connectivity index (χ2n) is 2.49. The van der Waals surface area contributed by atoms with Gasteiger partial charge in [-0.15, -0.1) is 0 Å². The molecule has 66 valence electrons. The summed E-state index contributed by atoms with van der Waals surface area (Å²) in [5.41, 5.74) is 1.08. The third-order valence-electron chi connectivity index (χ3n) is 1.47. The van der Waals surface area contributed by atoms with E-state index in [0.29, 0.717) is 0 Å². The lowest BCUT2D eigenvalue weighted by Crippen LogP contribution is -1.86. The summed E-state index contributed by atoms with van der Waals surface area (Å²) in [7, 11) is 0. The zero-order valence-corrected chi connectivity index (χ0v) is 9.23. The predicted octanol–water partition coefficient (Wildman–Crippen LogP) is 3.76. The molecule has 12 heavy (non-hydrogen) atoms. The summed E-state index contributed by atoms with van der Waals surface area (Å²) >= 11 is 7.23. The molecular formula is C8H7ClFIO. The van der Waals surface area contributed by atoms with Crippen molar-refractivity contribution in [2.24, 2.45) is 0 Å². The van der Waals surface area contributed by atoms with Gasteiger partial charge in [0.15, 0.2) is 4.18 Å². The molecule has 1 aromatic carbocycles. The predicted molar refractivity (Wildman–Crippen MR) is 55.7 cm³/mol. The summed E-state index contributed by atoms with van der Waals surface area (Å²) in [6.07, 6.45) is 0. The van der Waals surface area contributed by atoms with Crippen LogP contribution in [0.25, 0.3) is 0 Å². The second-order valence-corrected chi connectivity index (χ2v) is 3.99. The number of aromatic hydroxyl groups is 1. The number of phenolic OH excluding ortho intramolecular Hbond substituents is 1. The molecule has 1 nitrogen and oxygen atoms in total. The molecule has 0 aliphatic rings. The van der Waals surface area contributed by atoms with Crippen LogP contribution < -0.4 is 0 Å². The average molecular weight is 300 g/mol. The van der Waals surface area contributed by atoms with E-state index in [-0.39, 0.29) is 16.3 Å². The third-order valence-corrected chi connectivity index (χ3v) is 2.43. The van der Waals surface area contributed by atoms with E-state index in [1.54, 1.807) is 41.6 Å². The molecule has 1 unspecified atom stereocenters. The number of rotatable bonds is 1. The van der Waals surface area contributed by atoms with Crippen LogP contribution in [0.2, 0.25) is 5.02 Å². The van der Waals surface area contributed by atoms with E-state index in [1.807, 2.05) is 0 Å². The Bertz CT molecular complexity index is 301. The molecule has 1 rings (SSSR count). The van der Waals surface area contributed by atoms with Gasteiger partial charge in [-0.1, -0.05) is 11.6 Å². The van der Waals surface area contributed by atoms with Gasteiger partial charge in [0.1, 0.15) is 5.75 Å². The van der Waals surface area contributed by atoms with Crippen molar-refractivity contribution in [2.75, 3.05) is 0 Å². The quantitative estimate of drug-likeness (QED) is 0.618. The van der Waals surface area contributed by atoms with E-state index >= 15 is 0 Å². The van der Waals surface area contributed by atoms with Gasteiger partial charge in [0.05, 0.1) is 5.02 Å². The number of hydrogen-bond acceptors (Lipinski definition) is 1. The van der Waals surface area contributed by atoms with Crippen LogP contribution in [0.1, 0.15) is 15.3 Å². The maximum atomic E-state index is 12.8. The molecule has 0 spiro atoms. The topological polar surface area (TPSA) is 20.2 Å². The highest BCUT2D eigenvalue weighted by atomic mass is 127. The molecule has 1 atom stereocenters. The smallest absolute Gasteiger partial charge is 0.179 e. The molecule has 0 fully saturated rings. The molecule has 0 heterocycles. The molecule has 0 aliphatic heterocycles. The van der Waals surface area contributed by atoms with E-state index in [0.717, 1.165) is 5.56 Å². The van der Waals surface area contributed by atoms with Crippen LogP contribution in [0.15, 0.2) is 12.1 Å². The second kappa shape index (κ2) is 3.79. The Labute approximate surface area is 88.7 Å². The van der Waals surface area contributed by atoms with Gasteiger partial charge in [0.2, 0.25) is 0 Å². The Hall–Kier alpha value is -0.0300. The van der Waals surface area contributed by atoms with Crippen molar-refractivity contribution in [1.82, 2.24) is 0 Å². The van der Waals surface area contributed by atoms with Crippen LogP contribution in [0.5, 0.6) is 5.75 Å². The number of hydrogen-bond donors (Lipinski definition) is 1. The first kappa shape index (κ1) is 10.1. The van der Waals surface area contributed by atoms with Crippen LogP contribution >= 0.6 is 34.2 Å². The first-order valence-corrected chi connectivity index (χ1v) is 4.92. The maximum absolute atomic E-state index is 12.8. The molecule has 4 heteroatoms. The minimum absolute atomic E-state index is 0.163. The largest absolute Gasteiger partial charge is 0.506 e. The lowest BCUT2D eigenvalue weighted by molar-refractivity contribution is 0.435. The minimum Gasteiger partial charge on any atom is -0.506 e. The highest BCUT2D eigenvalue weighted by Gasteiger charge is 2.13. The first-order valence-electron chi connectivity index (χ1n) is 3.29. The zero-order chi connectivity index (χ0) is 9.30. The Morgan fingerprint density at radius 1 is 1.58 bits per heavy atom. The van der Waals surface area contributed by atoms with Crippen LogP contribution in [0, 0.1) is 6.92 Å². The fourth-order valence-corrected chi connectivity index (χ4v) is 1.68. The lowest BCUT2D eigenvalue weighted by atomic mass is 10.1. The Balaban J connectivity index is 3.28. The van der Waals surface area contributed by atoms with E-state index in [4.69, 9.17) is 11.6 Å². The summed E-state index contributed by atoms with van der Waals surface area (Å²) in [5, 5.41) is 9.51. The standard InChI is InChI=1S/C8H7ClFIO/c1-4-2-5(8(10)11)7(12)6(9)3-4/h2-3,8,12H,1H3. The van der Waals surface area contributed by atoms with Crippen LogP contribution in [-0.4, -0.2) is 5.11 Å². The number of benzene rings is 1. The van der Waals surface area contributed by atoms with E-state index in [1.165, 1.54) is 0 Å². The van der Waals surface area contributed by atoms with E-state index < -0.39 is 4.18 Å². The molecule has 0 amide bonds. The summed E-state index contributed by atoms with van der Waals surface area (Å²) in [5.74, 6) is -0.163. The molecular weight excluding hydrogens is 293 g/mol. The number of halogens is 3. The fourth-order valence-electron chi connectivity index (χ4n) is 0.928. The summed E-state index contributed by atoms with van der Waals surface area (Å²) in [4.78, 5) is 0. The van der Waals surface area contributed by atoms with Crippen LogP contribution in [-0.2, 0) is 0 Å². The van der Waals surface area contributed by atoms with Gasteiger partial charge in [-0.05, 0) is 47.2 Å². The lowest BCUT2D eigenvalue weighted by Gasteiger charge is -2.07. The molecule has 1 aromatic rings. The van der Waals surface area contributed by atoms with Gasteiger partial charge >= 0.3 is 0 Å². The monoisotopic (exact) mass is 300 g/mol. The number of phenols is 1. The molecule has 0 saturated heterocycles. The molecule has 1 N–H and O–H groups in total. The summed E-state index contributed by atoms with van der Waals surface area (Å²) in [6, 6.07) is 3.18. The van der Waals surface area contributed by atoms with Gasteiger partial charge in [0.25, 0.3) is 0 Å². The van der Waals surface area contributed by atoms with Crippen molar-refractivity contribution >= 4 is 34.2 Å². The van der Waals surface area contributed by atoms with E-state index in [9.17, 15) is 9.50 Å². The molecule has 0 aliphatic carbocycles. The highest BCUT2D eigenvalue weighted by Crippen LogP contribution is 2.37.